The molecule has 0 saturated carbocycles. The number of nitrogens with zero attached hydrogens (tertiary/aromatic N) is 2. The second kappa shape index (κ2) is 10.1. The Morgan fingerprint density at radius 2 is 1.81 bits per heavy atom. The summed E-state index contributed by atoms with van der Waals surface area (Å²) in [5.74, 6) is -0.214. The number of hydrogen-bond donors (Lipinski definition) is 0. The molecule has 2 aromatic rings. The van der Waals surface area contributed by atoms with Crippen molar-refractivity contribution in [3.8, 4) is 0 Å². The summed E-state index contributed by atoms with van der Waals surface area (Å²) in [7, 11) is 1.59. The molecule has 146 valence electrons. The lowest BCUT2D eigenvalue weighted by Gasteiger charge is -2.23. The highest BCUT2D eigenvalue weighted by molar-refractivity contribution is 5.95. The molecule has 1 amide bonds. The Morgan fingerprint density at radius 3 is 2.41 bits per heavy atom. The summed E-state index contributed by atoms with van der Waals surface area (Å²) < 4.78 is 7.41. The summed E-state index contributed by atoms with van der Waals surface area (Å²) in [5.41, 5.74) is 2.83. The zero-order valence-corrected chi connectivity index (χ0v) is 16.8. The average Bonchev–Trinajstić information content (AvgIpc) is 2.66. The van der Waals surface area contributed by atoms with Gasteiger partial charge in [-0.2, -0.15) is 0 Å². The van der Waals surface area contributed by atoms with Gasteiger partial charge in [0.2, 0.25) is 0 Å². The Bertz CT molecular complexity index is 808. The van der Waals surface area contributed by atoms with E-state index < -0.39 is 0 Å². The van der Waals surface area contributed by atoms with E-state index in [1.165, 1.54) is 5.56 Å². The van der Waals surface area contributed by atoms with Gasteiger partial charge < -0.3 is 14.2 Å². The summed E-state index contributed by atoms with van der Waals surface area (Å²) in [5, 5.41) is 0. The third-order valence-electron chi connectivity index (χ3n) is 4.86. The number of hydrogen-bond acceptors (Lipinski definition) is 3. The summed E-state index contributed by atoms with van der Waals surface area (Å²) in [6.07, 6.45) is 1.86. The summed E-state index contributed by atoms with van der Waals surface area (Å²) in [6, 6.07) is 11.9. The quantitative estimate of drug-likeness (QED) is 0.680. The highest BCUT2D eigenvalue weighted by atomic mass is 16.5. The van der Waals surface area contributed by atoms with Crippen LogP contribution in [0, 0.1) is 6.92 Å². The molecular formula is C22H30N2O3. The molecule has 0 fully saturated rings. The van der Waals surface area contributed by atoms with Gasteiger partial charge in [-0.05, 0) is 39.2 Å². The van der Waals surface area contributed by atoms with E-state index in [0.717, 1.165) is 25.1 Å². The summed E-state index contributed by atoms with van der Waals surface area (Å²) >= 11 is 0. The molecule has 0 atom stereocenters. The van der Waals surface area contributed by atoms with Crippen LogP contribution < -0.4 is 5.43 Å². The van der Waals surface area contributed by atoms with Crippen LogP contribution in [-0.4, -0.2) is 35.6 Å². The first-order valence-electron chi connectivity index (χ1n) is 9.58. The van der Waals surface area contributed by atoms with Crippen LogP contribution in [0.15, 0.2) is 41.2 Å². The Hall–Kier alpha value is -2.40. The number of benzene rings is 1. The van der Waals surface area contributed by atoms with Crippen LogP contribution in [0.25, 0.3) is 0 Å². The van der Waals surface area contributed by atoms with Gasteiger partial charge in [0.25, 0.3) is 5.91 Å². The van der Waals surface area contributed by atoms with E-state index in [0.29, 0.717) is 18.8 Å². The van der Waals surface area contributed by atoms with Crippen molar-refractivity contribution in [3.05, 3.63) is 69.1 Å². The number of aromatic nitrogens is 1. The van der Waals surface area contributed by atoms with Gasteiger partial charge in [0.15, 0.2) is 5.43 Å². The Balaban J connectivity index is 2.36. The molecule has 0 spiro atoms. The third-order valence-corrected chi connectivity index (χ3v) is 4.86. The van der Waals surface area contributed by atoms with Crippen LogP contribution in [0.3, 0.4) is 0 Å². The van der Waals surface area contributed by atoms with Gasteiger partial charge in [0.1, 0.15) is 5.56 Å². The lowest BCUT2D eigenvalue weighted by molar-refractivity contribution is 0.0764. The Labute approximate surface area is 161 Å². The molecule has 0 bridgehead atoms. The van der Waals surface area contributed by atoms with Gasteiger partial charge in [-0.15, -0.1) is 0 Å². The minimum absolute atomic E-state index is 0.214. The molecule has 0 aliphatic rings. The smallest absolute Gasteiger partial charge is 0.259 e. The monoisotopic (exact) mass is 370 g/mol. The van der Waals surface area contributed by atoms with E-state index in [4.69, 9.17) is 4.74 Å². The van der Waals surface area contributed by atoms with E-state index in [9.17, 15) is 9.59 Å². The average molecular weight is 370 g/mol. The number of carbonyl (C=O) groups is 1. The van der Waals surface area contributed by atoms with Crippen molar-refractivity contribution < 1.29 is 9.53 Å². The van der Waals surface area contributed by atoms with E-state index in [-0.39, 0.29) is 23.5 Å². The first-order valence-corrected chi connectivity index (χ1v) is 9.58. The lowest BCUT2D eigenvalue weighted by Crippen LogP contribution is -2.36. The maximum atomic E-state index is 12.9. The molecule has 1 aromatic heterocycles. The van der Waals surface area contributed by atoms with Crippen molar-refractivity contribution in [2.75, 3.05) is 20.2 Å². The van der Waals surface area contributed by atoms with Gasteiger partial charge in [-0.3, -0.25) is 9.59 Å². The predicted octanol–water partition coefficient (Wildman–Crippen LogP) is 3.42. The molecule has 0 saturated heterocycles. The SMILES string of the molecule is CCN(CC)C(=O)c1c(COC)n(CCCc2ccccc2)c(C)cc1=O. The molecule has 5 nitrogen and oxygen atoms in total. The summed E-state index contributed by atoms with van der Waals surface area (Å²) in [4.78, 5) is 27.3. The van der Waals surface area contributed by atoms with Crippen molar-refractivity contribution in [2.45, 2.75) is 46.8 Å². The van der Waals surface area contributed by atoms with Crippen LogP contribution >= 0.6 is 0 Å². The van der Waals surface area contributed by atoms with Gasteiger partial charge >= 0.3 is 0 Å². The first-order chi connectivity index (χ1) is 13.0. The zero-order valence-electron chi connectivity index (χ0n) is 16.8. The van der Waals surface area contributed by atoms with Crippen molar-refractivity contribution in [1.29, 1.82) is 0 Å². The van der Waals surface area contributed by atoms with Gasteiger partial charge in [0.05, 0.1) is 12.3 Å². The van der Waals surface area contributed by atoms with E-state index in [1.54, 1.807) is 18.1 Å². The van der Waals surface area contributed by atoms with E-state index in [2.05, 4.69) is 16.7 Å². The molecule has 0 unspecified atom stereocenters. The second-order valence-electron chi connectivity index (χ2n) is 6.62. The fourth-order valence-electron chi connectivity index (χ4n) is 3.41. The molecule has 27 heavy (non-hydrogen) atoms. The number of amides is 1. The molecule has 0 aliphatic heterocycles. The van der Waals surface area contributed by atoms with E-state index in [1.807, 2.05) is 39.0 Å². The maximum absolute atomic E-state index is 12.9. The van der Waals surface area contributed by atoms with Crippen LogP contribution in [0.1, 0.15) is 47.6 Å². The Kier molecular flexibility index (Phi) is 7.80. The number of rotatable bonds is 9. The minimum atomic E-state index is -0.226. The van der Waals surface area contributed by atoms with Crippen molar-refractivity contribution in [2.24, 2.45) is 0 Å². The van der Waals surface area contributed by atoms with Crippen molar-refractivity contribution in [3.63, 3.8) is 0 Å². The van der Waals surface area contributed by atoms with Crippen LogP contribution in [0.5, 0.6) is 0 Å². The number of ether oxygens (including phenoxy) is 1. The zero-order chi connectivity index (χ0) is 19.8. The molecular weight excluding hydrogens is 340 g/mol. The molecule has 0 N–H and O–H groups in total. The second-order valence-corrected chi connectivity index (χ2v) is 6.62. The number of carbonyl (C=O) groups excluding carboxylic acids is 1. The molecule has 2 rings (SSSR count). The predicted molar refractivity (Wildman–Crippen MR) is 108 cm³/mol. The van der Waals surface area contributed by atoms with Crippen LogP contribution in [0.4, 0.5) is 0 Å². The van der Waals surface area contributed by atoms with Crippen molar-refractivity contribution >= 4 is 5.91 Å². The summed E-state index contributed by atoms with van der Waals surface area (Å²) in [6.45, 7) is 7.87. The van der Waals surface area contributed by atoms with Gasteiger partial charge in [0, 0.05) is 38.5 Å². The van der Waals surface area contributed by atoms with E-state index >= 15 is 0 Å². The minimum Gasteiger partial charge on any atom is -0.378 e. The molecule has 1 heterocycles. The third kappa shape index (κ3) is 5.07. The fourth-order valence-corrected chi connectivity index (χ4v) is 3.41. The number of pyridine rings is 1. The Morgan fingerprint density at radius 1 is 1.15 bits per heavy atom. The normalized spacial score (nSPS) is 10.8. The van der Waals surface area contributed by atoms with Crippen molar-refractivity contribution in [1.82, 2.24) is 9.47 Å². The highest BCUT2D eigenvalue weighted by Crippen LogP contribution is 2.15. The molecule has 0 radical (unpaired) electrons. The van der Waals surface area contributed by atoms with Crippen LogP contribution in [0.2, 0.25) is 0 Å². The largest absolute Gasteiger partial charge is 0.378 e. The number of aryl methyl sites for hydroxylation is 2. The first kappa shape index (κ1) is 20.9. The molecule has 0 aliphatic carbocycles. The van der Waals surface area contributed by atoms with Gasteiger partial charge in [-0.1, -0.05) is 30.3 Å². The lowest BCUT2D eigenvalue weighted by atomic mass is 10.1. The molecule has 1 aromatic carbocycles. The number of methoxy groups -OCH3 is 1. The maximum Gasteiger partial charge on any atom is 0.259 e. The fraction of sp³-hybridized carbons (Fsp3) is 0.455. The van der Waals surface area contributed by atoms with Crippen LogP contribution in [-0.2, 0) is 24.3 Å². The van der Waals surface area contributed by atoms with Gasteiger partial charge in [-0.25, -0.2) is 0 Å². The molecule has 5 heteroatoms. The standard InChI is InChI=1S/C22H30N2O3/c1-5-23(6-2)22(26)21-19(16-27-4)24(17(3)15-20(21)25)14-10-13-18-11-8-7-9-12-18/h7-9,11-12,15H,5-6,10,13-14,16H2,1-4H3. The topological polar surface area (TPSA) is 51.5 Å². The highest BCUT2D eigenvalue weighted by Gasteiger charge is 2.23.